The predicted molar refractivity (Wildman–Crippen MR) is 88.5 cm³/mol. The van der Waals surface area contributed by atoms with Crippen LogP contribution in [0.5, 0.6) is 5.75 Å². The van der Waals surface area contributed by atoms with Crippen molar-refractivity contribution in [2.75, 3.05) is 18.0 Å². The predicted octanol–water partition coefficient (Wildman–Crippen LogP) is 3.48. The van der Waals surface area contributed by atoms with Crippen LogP contribution in [0.4, 0.5) is 5.82 Å². The number of piperidine rings is 1. The molecule has 0 radical (unpaired) electrons. The lowest BCUT2D eigenvalue weighted by Gasteiger charge is -2.33. The number of hydrogen-bond acceptors (Lipinski definition) is 4. The van der Waals surface area contributed by atoms with Gasteiger partial charge < -0.3 is 14.7 Å². The first-order valence-electron chi connectivity index (χ1n) is 7.49. The summed E-state index contributed by atoms with van der Waals surface area (Å²) >= 11 is 5.87. The van der Waals surface area contributed by atoms with E-state index in [0.717, 1.165) is 31.7 Å². The number of aromatic nitrogens is 1. The van der Waals surface area contributed by atoms with E-state index < -0.39 is 5.97 Å². The molecule has 23 heavy (non-hydrogen) atoms. The van der Waals surface area contributed by atoms with Crippen molar-refractivity contribution in [1.82, 2.24) is 4.98 Å². The van der Waals surface area contributed by atoms with E-state index in [2.05, 4.69) is 9.88 Å². The average Bonchev–Trinajstić information content (AvgIpc) is 2.58. The van der Waals surface area contributed by atoms with Crippen LogP contribution in [0.2, 0.25) is 5.02 Å². The van der Waals surface area contributed by atoms with Crippen molar-refractivity contribution < 1.29 is 14.6 Å². The van der Waals surface area contributed by atoms with Crippen LogP contribution in [0.3, 0.4) is 0 Å². The largest absolute Gasteiger partial charge is 0.490 e. The number of ether oxygens (including phenoxy) is 1. The highest BCUT2D eigenvalue weighted by Crippen LogP contribution is 2.23. The minimum Gasteiger partial charge on any atom is -0.490 e. The minimum atomic E-state index is -1.01. The van der Waals surface area contributed by atoms with E-state index in [1.165, 1.54) is 6.07 Å². The lowest BCUT2D eigenvalue weighted by molar-refractivity contribution is 0.0690. The van der Waals surface area contributed by atoms with E-state index >= 15 is 0 Å². The van der Waals surface area contributed by atoms with Gasteiger partial charge in [0, 0.05) is 31.0 Å². The molecule has 0 atom stereocenters. The van der Waals surface area contributed by atoms with Crippen LogP contribution in [0.25, 0.3) is 0 Å². The molecule has 3 rings (SSSR count). The van der Waals surface area contributed by atoms with Crippen molar-refractivity contribution in [3.63, 3.8) is 0 Å². The average molecular weight is 333 g/mol. The molecule has 1 aromatic carbocycles. The van der Waals surface area contributed by atoms with Gasteiger partial charge in [0.05, 0.1) is 0 Å². The second-order valence-corrected chi connectivity index (χ2v) is 5.88. The fourth-order valence-electron chi connectivity index (χ4n) is 2.63. The molecule has 120 valence electrons. The van der Waals surface area contributed by atoms with Crippen LogP contribution in [0.15, 0.2) is 42.5 Å². The van der Waals surface area contributed by atoms with E-state index in [4.69, 9.17) is 21.4 Å². The molecule has 1 aromatic heterocycles. The Morgan fingerprint density at radius 1 is 1.17 bits per heavy atom. The normalized spacial score (nSPS) is 15.4. The first kappa shape index (κ1) is 15.6. The number of nitrogens with zero attached hydrogens (tertiary/aromatic N) is 2. The number of carbonyl (C=O) groups is 1. The van der Waals surface area contributed by atoms with Gasteiger partial charge in [-0.1, -0.05) is 17.7 Å². The molecular formula is C17H17ClN2O3. The number of anilines is 1. The Morgan fingerprint density at radius 2 is 1.87 bits per heavy atom. The van der Waals surface area contributed by atoms with E-state index in [9.17, 15) is 4.79 Å². The van der Waals surface area contributed by atoms with Gasteiger partial charge in [-0.15, -0.1) is 0 Å². The van der Waals surface area contributed by atoms with Crippen molar-refractivity contribution in [3.8, 4) is 5.75 Å². The zero-order valence-electron chi connectivity index (χ0n) is 12.5. The maximum atomic E-state index is 11.0. The number of halogens is 1. The van der Waals surface area contributed by atoms with Crippen LogP contribution in [0.1, 0.15) is 23.3 Å². The van der Waals surface area contributed by atoms with Gasteiger partial charge in [-0.25, -0.2) is 9.78 Å². The third kappa shape index (κ3) is 3.93. The molecule has 0 amide bonds. The summed E-state index contributed by atoms with van der Waals surface area (Å²) in [5, 5.41) is 9.71. The molecule has 1 saturated heterocycles. The highest BCUT2D eigenvalue weighted by molar-refractivity contribution is 6.30. The number of pyridine rings is 1. The van der Waals surface area contributed by atoms with Gasteiger partial charge in [0.25, 0.3) is 0 Å². The van der Waals surface area contributed by atoms with Gasteiger partial charge in [0.1, 0.15) is 17.7 Å². The minimum absolute atomic E-state index is 0.0713. The fourth-order valence-corrected chi connectivity index (χ4v) is 2.75. The molecule has 1 N–H and O–H groups in total. The zero-order valence-corrected chi connectivity index (χ0v) is 13.2. The fraction of sp³-hybridized carbons (Fsp3) is 0.294. The maximum Gasteiger partial charge on any atom is 0.354 e. The summed E-state index contributed by atoms with van der Waals surface area (Å²) in [6, 6.07) is 12.4. The number of carboxylic acids is 1. The molecule has 0 bridgehead atoms. The highest BCUT2D eigenvalue weighted by Gasteiger charge is 2.22. The number of carboxylic acid groups (broad SMARTS) is 1. The SMILES string of the molecule is O=C(O)c1cccc(N2CCC(Oc3ccc(Cl)cc3)CC2)n1. The standard InChI is InChI=1S/C17H17ClN2O3/c18-12-4-6-13(7-5-12)23-14-8-10-20(11-9-14)16-3-1-2-15(19-16)17(21)22/h1-7,14H,8-11H2,(H,21,22). The smallest absolute Gasteiger partial charge is 0.354 e. The Balaban J connectivity index is 1.59. The molecule has 1 aliphatic rings. The van der Waals surface area contributed by atoms with Gasteiger partial charge in [0.2, 0.25) is 0 Å². The summed E-state index contributed by atoms with van der Waals surface area (Å²) in [5.41, 5.74) is 0.0713. The van der Waals surface area contributed by atoms with Crippen molar-refractivity contribution in [3.05, 3.63) is 53.2 Å². The van der Waals surface area contributed by atoms with Crippen molar-refractivity contribution in [1.29, 1.82) is 0 Å². The Morgan fingerprint density at radius 3 is 2.52 bits per heavy atom. The molecule has 0 aliphatic carbocycles. The number of hydrogen-bond donors (Lipinski definition) is 1. The van der Waals surface area contributed by atoms with Gasteiger partial charge in [0.15, 0.2) is 5.69 Å². The number of benzene rings is 1. The molecule has 0 saturated carbocycles. The van der Waals surface area contributed by atoms with E-state index in [-0.39, 0.29) is 11.8 Å². The molecule has 2 aromatic rings. The Bertz CT molecular complexity index is 682. The van der Waals surface area contributed by atoms with Crippen molar-refractivity contribution >= 4 is 23.4 Å². The Hall–Kier alpha value is -2.27. The third-order valence-corrected chi connectivity index (χ3v) is 4.09. The van der Waals surface area contributed by atoms with Crippen LogP contribution in [-0.2, 0) is 0 Å². The summed E-state index contributed by atoms with van der Waals surface area (Å²) in [6.45, 7) is 1.57. The van der Waals surface area contributed by atoms with E-state index in [1.54, 1.807) is 6.07 Å². The first-order chi connectivity index (χ1) is 11.1. The van der Waals surface area contributed by atoms with E-state index in [0.29, 0.717) is 10.8 Å². The lowest BCUT2D eigenvalue weighted by Crippen LogP contribution is -2.38. The Kier molecular flexibility index (Phi) is 4.67. The van der Waals surface area contributed by atoms with E-state index in [1.807, 2.05) is 30.3 Å². The second kappa shape index (κ2) is 6.87. The molecule has 1 fully saturated rings. The highest BCUT2D eigenvalue weighted by atomic mass is 35.5. The summed E-state index contributed by atoms with van der Waals surface area (Å²) in [6.07, 6.45) is 1.87. The number of aromatic carboxylic acids is 1. The van der Waals surface area contributed by atoms with Crippen LogP contribution < -0.4 is 9.64 Å². The monoisotopic (exact) mass is 332 g/mol. The second-order valence-electron chi connectivity index (χ2n) is 5.44. The van der Waals surface area contributed by atoms with Crippen molar-refractivity contribution in [2.24, 2.45) is 0 Å². The quantitative estimate of drug-likeness (QED) is 0.928. The maximum absolute atomic E-state index is 11.0. The van der Waals surface area contributed by atoms with Gasteiger partial charge >= 0.3 is 5.97 Å². The topological polar surface area (TPSA) is 62.7 Å². The molecule has 5 nitrogen and oxygen atoms in total. The van der Waals surface area contributed by atoms with Gasteiger partial charge in [-0.2, -0.15) is 0 Å². The van der Waals surface area contributed by atoms with Crippen molar-refractivity contribution in [2.45, 2.75) is 18.9 Å². The molecule has 1 aliphatic heterocycles. The summed E-state index contributed by atoms with van der Waals surface area (Å²) in [5.74, 6) is 0.515. The van der Waals surface area contributed by atoms with Crippen LogP contribution in [0, 0.1) is 0 Å². The summed E-state index contributed by atoms with van der Waals surface area (Å²) in [7, 11) is 0. The van der Waals surface area contributed by atoms with Gasteiger partial charge in [-0.05, 0) is 36.4 Å². The Labute approximate surface area is 139 Å². The number of rotatable bonds is 4. The molecular weight excluding hydrogens is 316 g/mol. The van der Waals surface area contributed by atoms with Gasteiger partial charge in [-0.3, -0.25) is 0 Å². The molecule has 2 heterocycles. The zero-order chi connectivity index (χ0) is 16.2. The van der Waals surface area contributed by atoms with Crippen LogP contribution in [-0.4, -0.2) is 35.3 Å². The third-order valence-electron chi connectivity index (χ3n) is 3.84. The lowest BCUT2D eigenvalue weighted by atomic mass is 10.1. The molecule has 6 heteroatoms. The summed E-state index contributed by atoms with van der Waals surface area (Å²) in [4.78, 5) is 17.3. The summed E-state index contributed by atoms with van der Waals surface area (Å²) < 4.78 is 5.96. The van der Waals surface area contributed by atoms with Crippen LogP contribution >= 0.6 is 11.6 Å². The molecule has 0 unspecified atom stereocenters. The molecule has 0 spiro atoms. The first-order valence-corrected chi connectivity index (χ1v) is 7.87.